The van der Waals surface area contributed by atoms with Crippen LogP contribution in [0.1, 0.15) is 11.5 Å². The Bertz CT molecular complexity index is 930. The van der Waals surface area contributed by atoms with Crippen molar-refractivity contribution in [2.75, 3.05) is 11.4 Å². The minimum Gasteiger partial charge on any atom is -0.441 e. The van der Waals surface area contributed by atoms with E-state index in [1.54, 1.807) is 12.3 Å². The van der Waals surface area contributed by atoms with Crippen LogP contribution in [-0.4, -0.2) is 16.5 Å². The molecule has 0 unspecified atom stereocenters. The number of fused-ring (bicyclic) bond motifs is 1. The van der Waals surface area contributed by atoms with E-state index in [2.05, 4.69) is 19.7 Å². The molecule has 0 amide bonds. The molecule has 0 aliphatic carbocycles. The van der Waals surface area contributed by atoms with E-state index >= 15 is 0 Å². The van der Waals surface area contributed by atoms with Gasteiger partial charge in [0.15, 0.2) is 5.69 Å². The molecule has 0 radical (unpaired) electrons. The van der Waals surface area contributed by atoms with E-state index in [1.165, 1.54) is 12.1 Å². The lowest BCUT2D eigenvalue weighted by atomic mass is 10.1. The predicted molar refractivity (Wildman–Crippen MR) is 87.2 cm³/mol. The fraction of sp³-hybridized carbons (Fsp3) is 0.167. The Morgan fingerprint density at radius 2 is 2.17 bits per heavy atom. The van der Waals surface area contributed by atoms with Gasteiger partial charge < -0.3 is 9.32 Å². The van der Waals surface area contributed by atoms with Gasteiger partial charge in [-0.15, -0.1) is 0 Å². The summed E-state index contributed by atoms with van der Waals surface area (Å²) in [5.74, 6) is 1.59. The van der Waals surface area contributed by atoms with Crippen molar-refractivity contribution in [2.45, 2.75) is 13.0 Å². The number of hydrogen-bond donors (Lipinski definition) is 0. The Kier molecular flexibility index (Phi) is 3.47. The Balaban J connectivity index is 1.66. The molecular weight excluding hydrogens is 307 g/mol. The minimum absolute atomic E-state index is 0.233. The van der Waals surface area contributed by atoms with Crippen molar-refractivity contribution in [3.8, 4) is 11.5 Å². The first-order valence-electron chi connectivity index (χ1n) is 7.56. The normalized spacial score (nSPS) is 13.4. The van der Waals surface area contributed by atoms with Crippen LogP contribution in [0, 0.1) is 12.4 Å². The van der Waals surface area contributed by atoms with Crippen LogP contribution in [0.4, 0.5) is 15.9 Å². The smallest absolute Gasteiger partial charge is 0.225 e. The molecule has 6 heteroatoms. The summed E-state index contributed by atoms with van der Waals surface area (Å²) in [6, 6.07) is 9.91. The van der Waals surface area contributed by atoms with E-state index < -0.39 is 5.82 Å². The summed E-state index contributed by atoms with van der Waals surface area (Å²) < 4.78 is 19.4. The van der Waals surface area contributed by atoms with Crippen LogP contribution in [0.3, 0.4) is 0 Å². The molecule has 118 valence electrons. The van der Waals surface area contributed by atoms with E-state index in [9.17, 15) is 4.39 Å². The molecule has 5 nitrogen and oxygen atoms in total. The van der Waals surface area contributed by atoms with Gasteiger partial charge in [-0.05, 0) is 30.3 Å². The highest BCUT2D eigenvalue weighted by atomic mass is 19.1. The van der Waals surface area contributed by atoms with Crippen LogP contribution < -0.4 is 4.90 Å². The molecule has 3 heterocycles. The molecule has 0 atom stereocenters. The summed E-state index contributed by atoms with van der Waals surface area (Å²) in [4.78, 5) is 14.3. The van der Waals surface area contributed by atoms with Crippen molar-refractivity contribution in [3.63, 3.8) is 0 Å². The minimum atomic E-state index is -0.468. The van der Waals surface area contributed by atoms with E-state index in [1.807, 2.05) is 18.2 Å². The molecular formula is C18H13FN4O. The number of anilines is 1. The Hall–Kier alpha value is -3.20. The van der Waals surface area contributed by atoms with Crippen molar-refractivity contribution in [2.24, 2.45) is 0 Å². The maximum Gasteiger partial charge on any atom is 0.225 e. The number of hydrogen-bond acceptors (Lipinski definition) is 4. The average molecular weight is 320 g/mol. The summed E-state index contributed by atoms with van der Waals surface area (Å²) in [5, 5.41) is 0. The molecule has 24 heavy (non-hydrogen) atoms. The largest absolute Gasteiger partial charge is 0.441 e. The number of pyridine rings is 1. The van der Waals surface area contributed by atoms with Gasteiger partial charge in [0.2, 0.25) is 5.89 Å². The molecule has 1 aromatic carbocycles. The fourth-order valence-electron chi connectivity index (χ4n) is 2.82. The van der Waals surface area contributed by atoms with E-state index in [0.29, 0.717) is 24.4 Å². The first kappa shape index (κ1) is 14.4. The zero-order valence-electron chi connectivity index (χ0n) is 12.7. The van der Waals surface area contributed by atoms with Crippen LogP contribution in [0.15, 0.2) is 47.0 Å². The molecule has 1 aliphatic heterocycles. The van der Waals surface area contributed by atoms with Crippen LogP contribution in [0.2, 0.25) is 0 Å². The third kappa shape index (κ3) is 2.61. The Morgan fingerprint density at radius 3 is 2.96 bits per heavy atom. The number of aromatic nitrogens is 2. The van der Waals surface area contributed by atoms with Crippen molar-refractivity contribution >= 4 is 11.5 Å². The molecule has 3 aromatic rings. The van der Waals surface area contributed by atoms with Crippen LogP contribution in [0.5, 0.6) is 0 Å². The first-order valence-corrected chi connectivity index (χ1v) is 7.56. The van der Waals surface area contributed by atoms with Gasteiger partial charge in [-0.1, -0.05) is 6.07 Å². The SMILES string of the molecule is [C-]#[N+]c1cc(F)cc(-c2nc3c(o2)CCN(c2ccccn2)C3)c1. The van der Waals surface area contributed by atoms with Gasteiger partial charge in [0.1, 0.15) is 23.1 Å². The van der Waals surface area contributed by atoms with Gasteiger partial charge in [-0.25, -0.2) is 19.2 Å². The zero-order chi connectivity index (χ0) is 16.5. The average Bonchev–Trinajstić information content (AvgIpc) is 3.05. The number of benzene rings is 1. The lowest BCUT2D eigenvalue weighted by Gasteiger charge is -2.26. The lowest BCUT2D eigenvalue weighted by molar-refractivity contribution is 0.498. The van der Waals surface area contributed by atoms with E-state index in [0.717, 1.165) is 23.8 Å². The van der Waals surface area contributed by atoms with Gasteiger partial charge in [-0.2, -0.15) is 0 Å². The molecule has 2 aromatic heterocycles. The Labute approximate surface area is 138 Å². The van der Waals surface area contributed by atoms with Crippen LogP contribution >= 0.6 is 0 Å². The molecule has 0 saturated carbocycles. The molecule has 0 bridgehead atoms. The first-order chi connectivity index (χ1) is 11.7. The molecule has 1 aliphatic rings. The van der Waals surface area contributed by atoms with E-state index in [4.69, 9.17) is 11.0 Å². The van der Waals surface area contributed by atoms with Crippen LogP contribution in [-0.2, 0) is 13.0 Å². The van der Waals surface area contributed by atoms with Crippen molar-refractivity contribution in [3.05, 3.63) is 71.3 Å². The summed E-state index contributed by atoms with van der Waals surface area (Å²) >= 11 is 0. The standard InChI is InChI=1S/C18H13FN4O/c1-20-14-9-12(8-13(19)10-14)18-22-15-11-23(7-5-16(15)24-18)17-4-2-3-6-21-17/h2-4,6,8-10H,5,7,11H2. The highest BCUT2D eigenvalue weighted by Crippen LogP contribution is 2.30. The maximum atomic E-state index is 13.6. The number of oxazole rings is 1. The molecule has 0 saturated heterocycles. The summed E-state index contributed by atoms with van der Waals surface area (Å²) in [5.41, 5.74) is 1.55. The molecule has 0 N–H and O–H groups in total. The van der Waals surface area contributed by atoms with Gasteiger partial charge >= 0.3 is 0 Å². The topological polar surface area (TPSA) is 46.5 Å². The van der Waals surface area contributed by atoms with Crippen molar-refractivity contribution in [1.82, 2.24) is 9.97 Å². The molecule has 0 spiro atoms. The highest BCUT2D eigenvalue weighted by Gasteiger charge is 2.23. The van der Waals surface area contributed by atoms with Crippen molar-refractivity contribution < 1.29 is 8.81 Å². The fourth-order valence-corrected chi connectivity index (χ4v) is 2.82. The predicted octanol–water partition coefficient (Wildman–Crippen LogP) is 3.99. The summed E-state index contributed by atoms with van der Waals surface area (Å²) in [6.45, 7) is 8.43. The van der Waals surface area contributed by atoms with Gasteiger partial charge in [0.05, 0.1) is 13.1 Å². The van der Waals surface area contributed by atoms with E-state index in [-0.39, 0.29) is 5.69 Å². The van der Waals surface area contributed by atoms with Crippen molar-refractivity contribution in [1.29, 1.82) is 0 Å². The molecule has 0 fully saturated rings. The number of rotatable bonds is 2. The second kappa shape index (κ2) is 5.78. The maximum absolute atomic E-state index is 13.6. The van der Waals surface area contributed by atoms with Crippen LogP contribution in [0.25, 0.3) is 16.3 Å². The monoisotopic (exact) mass is 320 g/mol. The van der Waals surface area contributed by atoms with Gasteiger partial charge in [-0.3, -0.25) is 0 Å². The Morgan fingerprint density at radius 1 is 1.25 bits per heavy atom. The highest BCUT2D eigenvalue weighted by molar-refractivity contribution is 5.62. The second-order valence-electron chi connectivity index (χ2n) is 5.56. The summed E-state index contributed by atoms with van der Waals surface area (Å²) in [6.07, 6.45) is 2.47. The van der Waals surface area contributed by atoms with Gasteiger partial charge in [0.25, 0.3) is 0 Å². The lowest BCUT2D eigenvalue weighted by Crippen LogP contribution is -2.30. The third-order valence-corrected chi connectivity index (χ3v) is 3.96. The number of halogens is 1. The second-order valence-corrected chi connectivity index (χ2v) is 5.56. The quantitative estimate of drug-likeness (QED) is 0.670. The zero-order valence-corrected chi connectivity index (χ0v) is 12.7. The molecule has 4 rings (SSSR count). The van der Waals surface area contributed by atoms with Gasteiger partial charge in [0, 0.05) is 24.7 Å². The number of nitrogens with zero attached hydrogens (tertiary/aromatic N) is 4. The third-order valence-electron chi connectivity index (χ3n) is 3.96. The summed E-state index contributed by atoms with van der Waals surface area (Å²) in [7, 11) is 0.